The zero-order chi connectivity index (χ0) is 20.5. The monoisotopic (exact) mass is 380 g/mol. The third kappa shape index (κ3) is 6.07. The highest BCUT2D eigenvalue weighted by atomic mass is 16.5. The maximum atomic E-state index is 11.9. The first-order chi connectivity index (χ1) is 13.5. The molecule has 2 rings (SSSR count). The minimum absolute atomic E-state index is 0.214. The van der Waals surface area contributed by atoms with Gasteiger partial charge in [-0.3, -0.25) is 0 Å². The van der Waals surface area contributed by atoms with Crippen LogP contribution in [0.15, 0.2) is 54.6 Å². The van der Waals surface area contributed by atoms with E-state index < -0.39 is 0 Å². The fourth-order valence-corrected chi connectivity index (χ4v) is 3.39. The summed E-state index contributed by atoms with van der Waals surface area (Å²) in [5.41, 5.74) is 6.17. The van der Waals surface area contributed by atoms with Gasteiger partial charge in [0.2, 0.25) is 0 Å². The standard InChI is InChI=1S/C25H32O3/c1-5-7-19(4)24-14-13-22(16-23(24)17-28-25(27)18(2)3)21-11-9-20(10-12-21)8-6-15-26/h9-14,16,19,26H,2,5-8,15,17H2,1,3-4H3. The highest BCUT2D eigenvalue weighted by Gasteiger charge is 2.14. The van der Waals surface area contributed by atoms with Crippen LogP contribution in [-0.2, 0) is 22.6 Å². The van der Waals surface area contributed by atoms with Gasteiger partial charge in [0.1, 0.15) is 6.61 Å². The van der Waals surface area contributed by atoms with Crippen LogP contribution in [0.25, 0.3) is 11.1 Å². The molecule has 1 N–H and O–H groups in total. The van der Waals surface area contributed by atoms with Crippen LogP contribution in [0.4, 0.5) is 0 Å². The molecule has 3 nitrogen and oxygen atoms in total. The van der Waals surface area contributed by atoms with Crippen LogP contribution in [0.1, 0.15) is 62.6 Å². The Morgan fingerprint density at radius 2 is 1.82 bits per heavy atom. The SMILES string of the molecule is C=C(C)C(=O)OCc1cc(-c2ccc(CCCO)cc2)ccc1C(C)CCC. The molecular formula is C25H32O3. The normalized spacial score (nSPS) is 11.9. The van der Waals surface area contributed by atoms with Gasteiger partial charge < -0.3 is 9.84 Å². The molecular weight excluding hydrogens is 348 g/mol. The summed E-state index contributed by atoms with van der Waals surface area (Å²) in [5, 5.41) is 8.98. The third-order valence-electron chi connectivity index (χ3n) is 5.01. The number of aryl methyl sites for hydroxylation is 1. The van der Waals surface area contributed by atoms with E-state index in [0.717, 1.165) is 42.4 Å². The first-order valence-corrected chi connectivity index (χ1v) is 10.1. The number of aliphatic hydroxyl groups excluding tert-OH is 1. The Hall–Kier alpha value is -2.39. The number of esters is 1. The van der Waals surface area contributed by atoms with E-state index in [2.05, 4.69) is 62.9 Å². The second-order valence-corrected chi connectivity index (χ2v) is 7.48. The molecule has 0 aliphatic heterocycles. The Morgan fingerprint density at radius 1 is 1.14 bits per heavy atom. The van der Waals surface area contributed by atoms with Crippen LogP contribution in [0, 0.1) is 0 Å². The molecule has 0 aromatic heterocycles. The van der Waals surface area contributed by atoms with Gasteiger partial charge in [0.05, 0.1) is 0 Å². The van der Waals surface area contributed by atoms with Gasteiger partial charge in [-0.25, -0.2) is 4.79 Å². The summed E-state index contributed by atoms with van der Waals surface area (Å²) in [5.74, 6) is 0.0613. The second-order valence-electron chi connectivity index (χ2n) is 7.48. The predicted octanol–water partition coefficient (Wildman–Crippen LogP) is 5.80. The Kier molecular flexibility index (Phi) is 8.46. The van der Waals surface area contributed by atoms with Crippen LogP contribution in [0.2, 0.25) is 0 Å². The van der Waals surface area contributed by atoms with E-state index in [9.17, 15) is 4.79 Å². The summed E-state index contributed by atoms with van der Waals surface area (Å²) in [7, 11) is 0. The fraction of sp³-hybridized carbons (Fsp3) is 0.400. The zero-order valence-corrected chi connectivity index (χ0v) is 17.3. The van der Waals surface area contributed by atoms with Crippen molar-refractivity contribution in [1.82, 2.24) is 0 Å². The minimum Gasteiger partial charge on any atom is -0.457 e. The van der Waals surface area contributed by atoms with E-state index in [4.69, 9.17) is 9.84 Å². The van der Waals surface area contributed by atoms with Crippen molar-refractivity contribution in [2.45, 2.75) is 59.0 Å². The van der Waals surface area contributed by atoms with Gasteiger partial charge in [-0.05, 0) is 66.0 Å². The molecule has 0 saturated carbocycles. The van der Waals surface area contributed by atoms with E-state index in [1.165, 1.54) is 11.1 Å². The Morgan fingerprint density at radius 3 is 2.43 bits per heavy atom. The molecule has 0 saturated heterocycles. The van der Waals surface area contributed by atoms with E-state index in [1.807, 2.05) is 0 Å². The van der Waals surface area contributed by atoms with Gasteiger partial charge in [-0.2, -0.15) is 0 Å². The average Bonchev–Trinajstić information content (AvgIpc) is 2.70. The smallest absolute Gasteiger partial charge is 0.333 e. The molecule has 2 aromatic carbocycles. The number of ether oxygens (including phenoxy) is 1. The van der Waals surface area contributed by atoms with E-state index in [1.54, 1.807) is 6.92 Å². The Labute approximate surface area is 169 Å². The molecule has 150 valence electrons. The molecule has 0 bridgehead atoms. The van der Waals surface area contributed by atoms with Crippen molar-refractivity contribution < 1.29 is 14.6 Å². The number of benzene rings is 2. The molecule has 0 fully saturated rings. The lowest BCUT2D eigenvalue weighted by atomic mass is 9.90. The molecule has 0 amide bonds. The lowest BCUT2D eigenvalue weighted by Crippen LogP contribution is -2.08. The summed E-state index contributed by atoms with van der Waals surface area (Å²) >= 11 is 0. The largest absolute Gasteiger partial charge is 0.457 e. The van der Waals surface area contributed by atoms with Crippen molar-refractivity contribution in [2.24, 2.45) is 0 Å². The highest BCUT2D eigenvalue weighted by Crippen LogP contribution is 2.30. The Balaban J connectivity index is 2.29. The Bertz CT molecular complexity index is 790. The molecule has 1 unspecified atom stereocenters. The molecule has 3 heteroatoms. The summed E-state index contributed by atoms with van der Waals surface area (Å²) < 4.78 is 5.45. The molecule has 0 aliphatic carbocycles. The topological polar surface area (TPSA) is 46.5 Å². The molecule has 0 aliphatic rings. The number of carbonyl (C=O) groups is 1. The molecule has 28 heavy (non-hydrogen) atoms. The molecule has 0 spiro atoms. The number of hydrogen-bond acceptors (Lipinski definition) is 3. The van der Waals surface area contributed by atoms with Crippen LogP contribution in [0.5, 0.6) is 0 Å². The van der Waals surface area contributed by atoms with Crippen LogP contribution in [0.3, 0.4) is 0 Å². The summed E-state index contributed by atoms with van der Waals surface area (Å²) in [6.45, 7) is 10.2. The van der Waals surface area contributed by atoms with Crippen LogP contribution < -0.4 is 0 Å². The number of rotatable bonds is 10. The summed E-state index contributed by atoms with van der Waals surface area (Å²) in [4.78, 5) is 11.9. The second kappa shape index (κ2) is 10.8. The van der Waals surface area contributed by atoms with E-state index in [-0.39, 0.29) is 19.2 Å². The van der Waals surface area contributed by atoms with Crippen molar-refractivity contribution >= 4 is 5.97 Å². The van der Waals surface area contributed by atoms with Gasteiger partial charge in [-0.15, -0.1) is 0 Å². The highest BCUT2D eigenvalue weighted by molar-refractivity contribution is 5.86. The number of carbonyl (C=O) groups excluding carboxylic acids is 1. The quantitative estimate of drug-likeness (QED) is 0.418. The van der Waals surface area contributed by atoms with Gasteiger partial charge >= 0.3 is 5.97 Å². The molecule has 0 heterocycles. The number of hydrogen-bond donors (Lipinski definition) is 1. The van der Waals surface area contributed by atoms with Crippen molar-refractivity contribution in [1.29, 1.82) is 0 Å². The van der Waals surface area contributed by atoms with Crippen LogP contribution in [-0.4, -0.2) is 17.7 Å². The average molecular weight is 381 g/mol. The van der Waals surface area contributed by atoms with Crippen molar-refractivity contribution in [3.05, 3.63) is 71.3 Å². The van der Waals surface area contributed by atoms with Crippen molar-refractivity contribution in [3.63, 3.8) is 0 Å². The minimum atomic E-state index is -0.354. The maximum Gasteiger partial charge on any atom is 0.333 e. The predicted molar refractivity (Wildman–Crippen MR) is 115 cm³/mol. The molecule has 0 radical (unpaired) electrons. The van der Waals surface area contributed by atoms with E-state index in [0.29, 0.717) is 11.5 Å². The first-order valence-electron chi connectivity index (χ1n) is 10.1. The van der Waals surface area contributed by atoms with Crippen molar-refractivity contribution in [3.8, 4) is 11.1 Å². The van der Waals surface area contributed by atoms with Gasteiger partial charge in [0.25, 0.3) is 0 Å². The fourth-order valence-electron chi connectivity index (χ4n) is 3.39. The number of aliphatic hydroxyl groups is 1. The summed E-state index contributed by atoms with van der Waals surface area (Å²) in [6.07, 6.45) is 3.87. The van der Waals surface area contributed by atoms with Gasteiger partial charge in [0, 0.05) is 12.2 Å². The first kappa shape index (κ1) is 21.9. The van der Waals surface area contributed by atoms with E-state index >= 15 is 0 Å². The summed E-state index contributed by atoms with van der Waals surface area (Å²) in [6, 6.07) is 14.9. The molecule has 2 aromatic rings. The molecule has 1 atom stereocenters. The third-order valence-corrected chi connectivity index (χ3v) is 5.01. The lowest BCUT2D eigenvalue weighted by Gasteiger charge is -2.18. The van der Waals surface area contributed by atoms with Gasteiger partial charge in [-0.1, -0.05) is 63.2 Å². The zero-order valence-electron chi connectivity index (χ0n) is 17.3. The van der Waals surface area contributed by atoms with Crippen LogP contribution >= 0.6 is 0 Å². The van der Waals surface area contributed by atoms with Gasteiger partial charge in [0.15, 0.2) is 0 Å². The maximum absolute atomic E-state index is 11.9. The van der Waals surface area contributed by atoms with Crippen molar-refractivity contribution in [2.75, 3.05) is 6.61 Å². The lowest BCUT2D eigenvalue weighted by molar-refractivity contribution is -0.140.